The van der Waals surface area contributed by atoms with Crippen LogP contribution in [0.2, 0.25) is 0 Å². The third-order valence-electron chi connectivity index (χ3n) is 2.72. The van der Waals surface area contributed by atoms with E-state index in [9.17, 15) is 9.90 Å². The summed E-state index contributed by atoms with van der Waals surface area (Å²) in [5.41, 5.74) is 2.89. The van der Waals surface area contributed by atoms with E-state index in [1.165, 1.54) is 6.92 Å². The normalized spacial score (nSPS) is 12.1. The third kappa shape index (κ3) is 3.20. The summed E-state index contributed by atoms with van der Waals surface area (Å²) in [7, 11) is 1.62. The van der Waals surface area contributed by atoms with Crippen LogP contribution in [0.4, 0.5) is 0 Å². The lowest BCUT2D eigenvalue weighted by Gasteiger charge is -2.19. The molecule has 1 aromatic rings. The van der Waals surface area contributed by atoms with Gasteiger partial charge in [-0.1, -0.05) is 0 Å². The molecule has 0 aliphatic heterocycles. The van der Waals surface area contributed by atoms with Crippen molar-refractivity contribution in [3.8, 4) is 5.75 Å². The van der Waals surface area contributed by atoms with Crippen molar-refractivity contribution < 1.29 is 14.6 Å². The van der Waals surface area contributed by atoms with E-state index in [1.54, 1.807) is 7.11 Å². The minimum Gasteiger partial charge on any atom is -0.496 e. The van der Waals surface area contributed by atoms with Gasteiger partial charge in [0.05, 0.1) is 19.8 Å². The van der Waals surface area contributed by atoms with Crippen molar-refractivity contribution in [3.63, 3.8) is 0 Å². The summed E-state index contributed by atoms with van der Waals surface area (Å²) in [6.45, 7) is 5.19. The van der Waals surface area contributed by atoms with E-state index >= 15 is 0 Å². The standard InChI is InChI=1S/C13H19NO3/c1-8-6-13(17-4)9(2)5-11(8)12(7-15)14-10(3)16/h5-6,12,15H,7H2,1-4H3,(H,14,16). The molecule has 0 fully saturated rings. The number of carbonyl (C=O) groups is 1. The van der Waals surface area contributed by atoms with Crippen molar-refractivity contribution in [2.75, 3.05) is 13.7 Å². The van der Waals surface area contributed by atoms with Crippen LogP contribution in [0.25, 0.3) is 0 Å². The first kappa shape index (κ1) is 13.5. The Bertz CT molecular complexity index is 415. The Balaban J connectivity index is 3.11. The first-order valence-electron chi connectivity index (χ1n) is 5.52. The Kier molecular flexibility index (Phi) is 4.52. The molecule has 17 heavy (non-hydrogen) atoms. The summed E-state index contributed by atoms with van der Waals surface area (Å²) in [4.78, 5) is 11.1. The molecule has 1 aromatic carbocycles. The second-order valence-electron chi connectivity index (χ2n) is 4.11. The Morgan fingerprint density at radius 3 is 2.53 bits per heavy atom. The van der Waals surface area contributed by atoms with Gasteiger partial charge in [-0.25, -0.2) is 0 Å². The van der Waals surface area contributed by atoms with E-state index in [0.717, 1.165) is 22.4 Å². The Hall–Kier alpha value is -1.55. The molecule has 0 heterocycles. The van der Waals surface area contributed by atoms with Gasteiger partial charge in [0, 0.05) is 6.92 Å². The van der Waals surface area contributed by atoms with Crippen LogP contribution in [0.5, 0.6) is 5.75 Å². The number of amides is 1. The third-order valence-corrected chi connectivity index (χ3v) is 2.72. The van der Waals surface area contributed by atoms with Crippen LogP contribution in [0.15, 0.2) is 12.1 Å². The number of ether oxygens (including phenoxy) is 1. The lowest BCUT2D eigenvalue weighted by atomic mass is 9.98. The van der Waals surface area contributed by atoms with Crippen LogP contribution in [0.1, 0.15) is 29.7 Å². The zero-order valence-corrected chi connectivity index (χ0v) is 10.7. The average molecular weight is 237 g/mol. The SMILES string of the molecule is COc1cc(C)c(C(CO)NC(C)=O)cc1C. The van der Waals surface area contributed by atoms with Gasteiger partial charge in [0.25, 0.3) is 0 Å². The van der Waals surface area contributed by atoms with Crippen LogP contribution in [0, 0.1) is 13.8 Å². The van der Waals surface area contributed by atoms with Gasteiger partial charge in [-0.2, -0.15) is 0 Å². The minimum absolute atomic E-state index is 0.119. The summed E-state index contributed by atoms with van der Waals surface area (Å²) in [6, 6.07) is 3.48. The number of hydrogen-bond acceptors (Lipinski definition) is 3. The highest BCUT2D eigenvalue weighted by atomic mass is 16.5. The van der Waals surface area contributed by atoms with Crippen molar-refractivity contribution in [3.05, 3.63) is 28.8 Å². The molecule has 0 spiro atoms. The first-order valence-corrected chi connectivity index (χ1v) is 5.52. The molecule has 0 radical (unpaired) electrons. The van der Waals surface area contributed by atoms with Gasteiger partial charge in [0.15, 0.2) is 0 Å². The summed E-state index contributed by atoms with van der Waals surface area (Å²) < 4.78 is 5.23. The highest BCUT2D eigenvalue weighted by Gasteiger charge is 2.15. The van der Waals surface area contributed by atoms with Crippen LogP contribution >= 0.6 is 0 Å². The molecule has 4 heteroatoms. The quantitative estimate of drug-likeness (QED) is 0.834. The van der Waals surface area contributed by atoms with E-state index in [4.69, 9.17) is 4.74 Å². The number of aryl methyl sites for hydroxylation is 2. The van der Waals surface area contributed by atoms with Gasteiger partial charge in [0.1, 0.15) is 5.75 Å². The van der Waals surface area contributed by atoms with Crippen molar-refractivity contribution in [1.82, 2.24) is 5.32 Å². The molecule has 0 saturated carbocycles. The lowest BCUT2D eigenvalue weighted by Crippen LogP contribution is -2.29. The molecule has 1 amide bonds. The lowest BCUT2D eigenvalue weighted by molar-refractivity contribution is -0.120. The summed E-state index contributed by atoms with van der Waals surface area (Å²) in [5.74, 6) is 0.655. The smallest absolute Gasteiger partial charge is 0.217 e. The fourth-order valence-corrected chi connectivity index (χ4v) is 1.87. The van der Waals surface area contributed by atoms with E-state index in [1.807, 2.05) is 26.0 Å². The topological polar surface area (TPSA) is 58.6 Å². The van der Waals surface area contributed by atoms with Crippen molar-refractivity contribution >= 4 is 5.91 Å². The molecule has 4 nitrogen and oxygen atoms in total. The van der Waals surface area contributed by atoms with Crippen molar-refractivity contribution in [2.45, 2.75) is 26.8 Å². The molecule has 0 aliphatic rings. The molecule has 1 atom stereocenters. The fraction of sp³-hybridized carbons (Fsp3) is 0.462. The second kappa shape index (κ2) is 5.68. The van der Waals surface area contributed by atoms with E-state index in [2.05, 4.69) is 5.32 Å². The zero-order chi connectivity index (χ0) is 13.0. The van der Waals surface area contributed by atoms with Crippen molar-refractivity contribution in [2.24, 2.45) is 0 Å². The molecule has 0 aliphatic carbocycles. The van der Waals surface area contributed by atoms with Gasteiger partial charge in [0.2, 0.25) is 5.91 Å². The zero-order valence-electron chi connectivity index (χ0n) is 10.7. The van der Waals surface area contributed by atoms with E-state index in [0.29, 0.717) is 0 Å². The molecule has 1 rings (SSSR count). The number of methoxy groups -OCH3 is 1. The number of aliphatic hydroxyl groups excluding tert-OH is 1. The largest absolute Gasteiger partial charge is 0.496 e. The van der Waals surface area contributed by atoms with Crippen LogP contribution in [-0.2, 0) is 4.79 Å². The number of hydrogen-bond donors (Lipinski definition) is 2. The average Bonchev–Trinajstić information content (AvgIpc) is 2.28. The molecule has 1 unspecified atom stereocenters. The summed E-state index contributed by atoms with van der Waals surface area (Å²) in [6.07, 6.45) is 0. The number of carbonyl (C=O) groups excluding carboxylic acids is 1. The summed E-state index contributed by atoms with van der Waals surface area (Å²) in [5, 5.41) is 12.0. The molecule has 0 saturated heterocycles. The van der Waals surface area contributed by atoms with Gasteiger partial charge in [-0.05, 0) is 42.7 Å². The predicted octanol–water partition coefficient (Wildman–Crippen LogP) is 1.48. The fourth-order valence-electron chi connectivity index (χ4n) is 1.87. The Morgan fingerprint density at radius 2 is 2.06 bits per heavy atom. The molecular formula is C13H19NO3. The van der Waals surface area contributed by atoms with Crippen LogP contribution in [-0.4, -0.2) is 24.7 Å². The van der Waals surface area contributed by atoms with Gasteiger partial charge < -0.3 is 15.2 Å². The first-order chi connectivity index (χ1) is 7.99. The summed E-state index contributed by atoms with van der Waals surface area (Å²) >= 11 is 0. The van der Waals surface area contributed by atoms with Gasteiger partial charge in [-0.3, -0.25) is 4.79 Å². The molecule has 0 bridgehead atoms. The van der Waals surface area contributed by atoms with E-state index < -0.39 is 0 Å². The minimum atomic E-state index is -0.364. The number of aliphatic hydroxyl groups is 1. The second-order valence-corrected chi connectivity index (χ2v) is 4.11. The Labute approximate surface area is 102 Å². The molecule has 0 aromatic heterocycles. The monoisotopic (exact) mass is 237 g/mol. The maximum Gasteiger partial charge on any atom is 0.217 e. The van der Waals surface area contributed by atoms with Crippen LogP contribution < -0.4 is 10.1 Å². The number of benzene rings is 1. The van der Waals surface area contributed by atoms with E-state index in [-0.39, 0.29) is 18.6 Å². The molecule has 2 N–H and O–H groups in total. The highest BCUT2D eigenvalue weighted by molar-refractivity contribution is 5.73. The molecule has 94 valence electrons. The van der Waals surface area contributed by atoms with Crippen molar-refractivity contribution in [1.29, 1.82) is 0 Å². The van der Waals surface area contributed by atoms with Gasteiger partial charge in [-0.15, -0.1) is 0 Å². The molecular weight excluding hydrogens is 218 g/mol. The highest BCUT2D eigenvalue weighted by Crippen LogP contribution is 2.26. The maximum atomic E-state index is 11.1. The van der Waals surface area contributed by atoms with Gasteiger partial charge >= 0.3 is 0 Å². The van der Waals surface area contributed by atoms with Crippen LogP contribution in [0.3, 0.4) is 0 Å². The predicted molar refractivity (Wildman–Crippen MR) is 66.1 cm³/mol. The number of rotatable bonds is 4. The maximum absolute atomic E-state index is 11.1. The number of nitrogens with one attached hydrogen (secondary N) is 1. The Morgan fingerprint density at radius 1 is 1.41 bits per heavy atom.